The van der Waals surface area contributed by atoms with E-state index in [0.29, 0.717) is 12.8 Å². The molecular weight excluding hydrogens is 388 g/mol. The van der Waals surface area contributed by atoms with Crippen molar-refractivity contribution in [3.05, 3.63) is 60.2 Å². The Hall–Kier alpha value is -1.74. The van der Waals surface area contributed by atoms with Gasteiger partial charge in [-0.1, -0.05) is 48.7 Å². The maximum absolute atomic E-state index is 12.6. The first kappa shape index (κ1) is 20.0. The molecule has 2 aromatic carbocycles. The van der Waals surface area contributed by atoms with Crippen molar-refractivity contribution in [2.45, 2.75) is 54.6 Å². The predicted octanol–water partition coefficient (Wildman–Crippen LogP) is 3.42. The average molecular weight is 411 g/mol. The van der Waals surface area contributed by atoms with Crippen LogP contribution in [0.1, 0.15) is 31.2 Å². The van der Waals surface area contributed by atoms with Gasteiger partial charge >= 0.3 is 0 Å². The van der Waals surface area contributed by atoms with Gasteiger partial charge in [-0.15, -0.1) is 0 Å². The van der Waals surface area contributed by atoms with E-state index < -0.39 is 32.4 Å². The Bertz CT molecular complexity index is 967. The zero-order chi connectivity index (χ0) is 19.5. The lowest BCUT2D eigenvalue weighted by Crippen LogP contribution is -2.37. The van der Waals surface area contributed by atoms with E-state index in [9.17, 15) is 16.8 Å². The van der Waals surface area contributed by atoms with E-state index in [-0.39, 0.29) is 9.79 Å². The van der Waals surface area contributed by atoms with Crippen molar-refractivity contribution >= 4 is 20.2 Å². The maximum atomic E-state index is 12.6. The van der Waals surface area contributed by atoms with Crippen LogP contribution in [-0.2, 0) is 28.6 Å². The molecule has 2 unspecified atom stereocenters. The highest BCUT2D eigenvalue weighted by atomic mass is 32.2. The molecule has 0 saturated heterocycles. The predicted molar refractivity (Wildman–Crippen MR) is 100 cm³/mol. The van der Waals surface area contributed by atoms with Crippen LogP contribution < -0.4 is 0 Å². The van der Waals surface area contributed by atoms with E-state index in [1.54, 1.807) is 30.3 Å². The van der Waals surface area contributed by atoms with Crippen LogP contribution in [0.3, 0.4) is 0 Å². The van der Waals surface area contributed by atoms with Gasteiger partial charge in [0.25, 0.3) is 20.2 Å². The standard InChI is InChI=1S/C19H22O6S2/c1-15-11-13-17(14-12-15)27(22,23)25-19-10-6-5-9-18(19)24-26(20,21)16-7-3-2-4-8-16/h2-4,7-8,11-14,18-19H,5-6,9-10H2,1H3. The van der Waals surface area contributed by atoms with Crippen LogP contribution in [0.4, 0.5) is 0 Å². The average Bonchev–Trinajstić information content (AvgIpc) is 2.64. The van der Waals surface area contributed by atoms with Gasteiger partial charge in [0, 0.05) is 0 Å². The fourth-order valence-corrected chi connectivity index (χ4v) is 5.28. The molecule has 2 aromatic rings. The highest BCUT2D eigenvalue weighted by Gasteiger charge is 2.35. The van der Waals surface area contributed by atoms with Gasteiger partial charge in [-0.2, -0.15) is 16.8 Å². The molecule has 0 amide bonds. The molecule has 1 aliphatic carbocycles. The first-order valence-electron chi connectivity index (χ1n) is 8.76. The minimum atomic E-state index is -4.00. The van der Waals surface area contributed by atoms with Gasteiger partial charge in [-0.3, -0.25) is 8.37 Å². The molecule has 6 nitrogen and oxygen atoms in total. The highest BCUT2D eigenvalue weighted by molar-refractivity contribution is 7.87. The molecule has 8 heteroatoms. The van der Waals surface area contributed by atoms with Crippen LogP contribution in [0.15, 0.2) is 64.4 Å². The quantitative estimate of drug-likeness (QED) is 0.678. The summed E-state index contributed by atoms with van der Waals surface area (Å²) in [5.74, 6) is 0. The van der Waals surface area contributed by atoms with Crippen molar-refractivity contribution in [1.29, 1.82) is 0 Å². The molecular formula is C19H22O6S2. The van der Waals surface area contributed by atoms with E-state index in [0.717, 1.165) is 18.4 Å². The fraction of sp³-hybridized carbons (Fsp3) is 0.368. The minimum Gasteiger partial charge on any atom is -0.260 e. The smallest absolute Gasteiger partial charge is 0.260 e. The summed E-state index contributed by atoms with van der Waals surface area (Å²) in [7, 11) is -8.00. The van der Waals surface area contributed by atoms with Crippen molar-refractivity contribution in [2.24, 2.45) is 0 Å². The summed E-state index contributed by atoms with van der Waals surface area (Å²) in [4.78, 5) is 0.0825. The third kappa shape index (κ3) is 4.95. The summed E-state index contributed by atoms with van der Waals surface area (Å²) in [6.07, 6.45) is 0.645. The molecule has 0 bridgehead atoms. The van der Waals surface area contributed by atoms with Gasteiger partial charge in [0.05, 0.1) is 9.79 Å². The molecule has 0 spiro atoms. The molecule has 1 aliphatic rings. The van der Waals surface area contributed by atoms with Crippen LogP contribution >= 0.6 is 0 Å². The zero-order valence-electron chi connectivity index (χ0n) is 14.9. The lowest BCUT2D eigenvalue weighted by Gasteiger charge is -2.30. The molecule has 0 heterocycles. The van der Waals surface area contributed by atoms with Crippen LogP contribution in [0.25, 0.3) is 0 Å². The van der Waals surface area contributed by atoms with E-state index in [1.807, 2.05) is 6.92 Å². The first-order chi connectivity index (χ1) is 12.8. The second kappa shape index (κ2) is 8.10. The third-order valence-corrected chi connectivity index (χ3v) is 7.18. The van der Waals surface area contributed by atoms with Crippen molar-refractivity contribution in [3.63, 3.8) is 0 Å². The Kier molecular flexibility index (Phi) is 6.00. The summed E-state index contributed by atoms with van der Waals surface area (Å²) in [5, 5.41) is 0. The third-order valence-electron chi connectivity index (χ3n) is 4.48. The van der Waals surface area contributed by atoms with Gasteiger partial charge < -0.3 is 0 Å². The Morgan fingerprint density at radius 2 is 1.15 bits per heavy atom. The van der Waals surface area contributed by atoms with Crippen molar-refractivity contribution < 1.29 is 25.2 Å². The van der Waals surface area contributed by atoms with E-state index >= 15 is 0 Å². The van der Waals surface area contributed by atoms with Crippen molar-refractivity contribution in [3.8, 4) is 0 Å². The summed E-state index contributed by atoms with van der Waals surface area (Å²) in [6, 6.07) is 14.1. The number of rotatable bonds is 6. The Morgan fingerprint density at radius 1 is 0.704 bits per heavy atom. The lowest BCUT2D eigenvalue weighted by molar-refractivity contribution is 0.0311. The molecule has 1 fully saturated rings. The SMILES string of the molecule is Cc1ccc(S(=O)(=O)OC2CCCCC2OS(=O)(=O)c2ccccc2)cc1. The fourth-order valence-electron chi connectivity index (χ4n) is 3.01. The number of aryl methyl sites for hydroxylation is 1. The van der Waals surface area contributed by atoms with Crippen molar-refractivity contribution in [2.75, 3.05) is 0 Å². The summed E-state index contributed by atoms with van der Waals surface area (Å²) >= 11 is 0. The van der Waals surface area contributed by atoms with E-state index in [1.165, 1.54) is 24.3 Å². The number of hydrogen-bond donors (Lipinski definition) is 0. The normalized spacial score (nSPS) is 21.1. The summed E-state index contributed by atoms with van der Waals surface area (Å²) in [5.41, 5.74) is 0.932. The van der Waals surface area contributed by atoms with Crippen LogP contribution in [-0.4, -0.2) is 29.0 Å². The van der Waals surface area contributed by atoms with Crippen molar-refractivity contribution in [1.82, 2.24) is 0 Å². The second-order valence-corrected chi connectivity index (χ2v) is 9.73. The van der Waals surface area contributed by atoms with Gasteiger partial charge in [0.1, 0.15) is 12.2 Å². The van der Waals surface area contributed by atoms with E-state index in [2.05, 4.69) is 0 Å². The molecule has 0 N–H and O–H groups in total. The number of benzene rings is 2. The monoisotopic (exact) mass is 410 g/mol. The molecule has 1 saturated carbocycles. The van der Waals surface area contributed by atoms with Crippen LogP contribution in [0.5, 0.6) is 0 Å². The molecule has 0 radical (unpaired) electrons. The van der Waals surface area contributed by atoms with Crippen LogP contribution in [0, 0.1) is 6.92 Å². The Labute approximate surface area is 160 Å². The molecule has 146 valence electrons. The molecule has 2 atom stereocenters. The first-order valence-corrected chi connectivity index (χ1v) is 11.6. The molecule has 0 aliphatic heterocycles. The van der Waals surface area contributed by atoms with E-state index in [4.69, 9.17) is 8.37 Å². The summed E-state index contributed by atoms with van der Waals surface area (Å²) in [6.45, 7) is 1.86. The number of hydrogen-bond acceptors (Lipinski definition) is 6. The Balaban J connectivity index is 1.78. The lowest BCUT2D eigenvalue weighted by atomic mass is 9.95. The van der Waals surface area contributed by atoms with Gasteiger partial charge in [0.15, 0.2) is 0 Å². The zero-order valence-corrected chi connectivity index (χ0v) is 16.6. The van der Waals surface area contributed by atoms with Crippen LogP contribution in [0.2, 0.25) is 0 Å². The molecule has 3 rings (SSSR count). The van der Waals surface area contributed by atoms with Gasteiger partial charge in [-0.05, 0) is 44.0 Å². The maximum Gasteiger partial charge on any atom is 0.297 e. The van der Waals surface area contributed by atoms with Gasteiger partial charge in [-0.25, -0.2) is 0 Å². The largest absolute Gasteiger partial charge is 0.297 e. The summed E-state index contributed by atoms with van der Waals surface area (Å²) < 4.78 is 60.9. The minimum absolute atomic E-state index is 0.0377. The topological polar surface area (TPSA) is 86.7 Å². The molecule has 27 heavy (non-hydrogen) atoms. The Morgan fingerprint density at radius 3 is 1.63 bits per heavy atom. The highest BCUT2D eigenvalue weighted by Crippen LogP contribution is 2.29. The van der Waals surface area contributed by atoms with Gasteiger partial charge in [0.2, 0.25) is 0 Å². The molecule has 0 aromatic heterocycles. The second-order valence-electron chi connectivity index (χ2n) is 6.59.